The summed E-state index contributed by atoms with van der Waals surface area (Å²) in [6, 6.07) is 12.2. The number of ether oxygens (including phenoxy) is 2. The number of anilines is 1. The van der Waals surface area contributed by atoms with E-state index in [9.17, 15) is 18.0 Å². The number of hydrazone groups is 1. The average Bonchev–Trinajstić information content (AvgIpc) is 3.35. The maximum Gasteiger partial charge on any atom is 0.260 e. The summed E-state index contributed by atoms with van der Waals surface area (Å²) in [6.07, 6.45) is 4.53. The Morgan fingerprint density at radius 3 is 2.58 bits per heavy atom. The Balaban J connectivity index is 1.48. The van der Waals surface area contributed by atoms with Gasteiger partial charge in [-0.3, -0.25) is 13.9 Å². The summed E-state index contributed by atoms with van der Waals surface area (Å²) >= 11 is 0. The Hall–Kier alpha value is -3.44. The van der Waals surface area contributed by atoms with Crippen molar-refractivity contribution in [1.82, 2.24) is 10.7 Å². The summed E-state index contributed by atoms with van der Waals surface area (Å²) in [5.41, 5.74) is 5.12. The van der Waals surface area contributed by atoms with E-state index >= 15 is 0 Å². The molecule has 2 N–H and O–H groups in total. The number of aryl methyl sites for hydroxylation is 2. The van der Waals surface area contributed by atoms with Crippen LogP contribution in [-0.2, 0) is 24.3 Å². The molecule has 0 unspecified atom stereocenters. The largest absolute Gasteiger partial charge is 0.484 e. The third-order valence-electron chi connectivity index (χ3n) is 5.52. The number of rotatable bonds is 11. The maximum atomic E-state index is 12.4. The minimum Gasteiger partial charge on any atom is -0.484 e. The quantitative estimate of drug-likeness (QED) is 0.347. The van der Waals surface area contributed by atoms with E-state index in [2.05, 4.69) is 15.8 Å². The molecule has 0 bridgehead atoms. The molecule has 36 heavy (non-hydrogen) atoms. The van der Waals surface area contributed by atoms with Crippen molar-refractivity contribution in [3.05, 3.63) is 59.2 Å². The SMILES string of the molecule is Cc1ccc(C)c(N(CC(=O)N/N=C\c2ccc(OCC(=O)NC[C@H]3CCCO3)cc2)S(C)(=O)=O)c1. The molecule has 0 radical (unpaired) electrons. The van der Waals surface area contributed by atoms with Crippen LogP contribution in [0.15, 0.2) is 47.6 Å². The molecule has 0 aliphatic carbocycles. The van der Waals surface area contributed by atoms with Gasteiger partial charge in [0, 0.05) is 13.2 Å². The Morgan fingerprint density at radius 1 is 1.17 bits per heavy atom. The molecule has 3 rings (SSSR count). The molecule has 0 spiro atoms. The Labute approximate surface area is 211 Å². The van der Waals surface area contributed by atoms with Crippen molar-refractivity contribution in [3.63, 3.8) is 0 Å². The Kier molecular flexibility index (Phi) is 9.43. The zero-order valence-corrected chi connectivity index (χ0v) is 21.5. The van der Waals surface area contributed by atoms with Crippen molar-refractivity contribution in [3.8, 4) is 5.75 Å². The summed E-state index contributed by atoms with van der Waals surface area (Å²) in [6.45, 7) is 4.35. The van der Waals surface area contributed by atoms with Gasteiger partial charge in [-0.15, -0.1) is 0 Å². The first-order chi connectivity index (χ1) is 17.1. The van der Waals surface area contributed by atoms with Crippen LogP contribution in [0.1, 0.15) is 29.5 Å². The third kappa shape index (κ3) is 8.35. The van der Waals surface area contributed by atoms with Crippen molar-refractivity contribution in [2.75, 3.05) is 36.9 Å². The van der Waals surface area contributed by atoms with Gasteiger partial charge in [-0.1, -0.05) is 12.1 Å². The van der Waals surface area contributed by atoms with Crippen LogP contribution in [0.2, 0.25) is 0 Å². The molecule has 2 aromatic rings. The zero-order chi connectivity index (χ0) is 26.1. The third-order valence-corrected chi connectivity index (χ3v) is 6.65. The first-order valence-corrected chi connectivity index (χ1v) is 13.4. The van der Waals surface area contributed by atoms with Crippen molar-refractivity contribution < 1.29 is 27.5 Å². The van der Waals surface area contributed by atoms with Crippen LogP contribution in [0.25, 0.3) is 0 Å². The molecule has 1 atom stereocenters. The average molecular weight is 517 g/mol. The summed E-state index contributed by atoms with van der Waals surface area (Å²) in [7, 11) is -3.68. The predicted octanol–water partition coefficient (Wildman–Crippen LogP) is 1.89. The maximum absolute atomic E-state index is 12.4. The lowest BCUT2D eigenvalue weighted by molar-refractivity contribution is -0.123. The van der Waals surface area contributed by atoms with Crippen LogP contribution >= 0.6 is 0 Å². The second kappa shape index (κ2) is 12.5. The van der Waals surface area contributed by atoms with Crippen LogP contribution in [0.3, 0.4) is 0 Å². The van der Waals surface area contributed by atoms with E-state index in [1.165, 1.54) is 6.21 Å². The molecular formula is C25H32N4O6S. The molecule has 194 valence electrons. The van der Waals surface area contributed by atoms with Crippen LogP contribution in [0, 0.1) is 13.8 Å². The van der Waals surface area contributed by atoms with Gasteiger partial charge in [0.1, 0.15) is 12.3 Å². The van der Waals surface area contributed by atoms with Crippen molar-refractivity contribution in [2.24, 2.45) is 5.10 Å². The molecular weight excluding hydrogens is 484 g/mol. The van der Waals surface area contributed by atoms with Crippen molar-refractivity contribution in [2.45, 2.75) is 32.8 Å². The fourth-order valence-electron chi connectivity index (χ4n) is 3.60. The van der Waals surface area contributed by atoms with E-state index in [1.54, 1.807) is 37.3 Å². The number of nitrogens with zero attached hydrogens (tertiary/aromatic N) is 2. The number of amides is 2. The number of hydrogen-bond acceptors (Lipinski definition) is 7. The van der Waals surface area contributed by atoms with E-state index in [1.807, 2.05) is 19.1 Å². The molecule has 1 saturated heterocycles. The zero-order valence-electron chi connectivity index (χ0n) is 20.7. The van der Waals surface area contributed by atoms with E-state index in [0.717, 1.165) is 41.1 Å². The molecule has 2 aromatic carbocycles. The number of nitrogens with one attached hydrogen (secondary N) is 2. The highest BCUT2D eigenvalue weighted by molar-refractivity contribution is 7.92. The summed E-state index contributed by atoms with van der Waals surface area (Å²) in [5, 5.41) is 6.71. The van der Waals surface area contributed by atoms with Crippen LogP contribution in [-0.4, -0.2) is 65.1 Å². The molecule has 1 fully saturated rings. The van der Waals surface area contributed by atoms with Gasteiger partial charge >= 0.3 is 0 Å². The highest BCUT2D eigenvalue weighted by Gasteiger charge is 2.22. The van der Waals surface area contributed by atoms with E-state index < -0.39 is 22.5 Å². The van der Waals surface area contributed by atoms with Gasteiger partial charge in [0.2, 0.25) is 10.0 Å². The van der Waals surface area contributed by atoms with Gasteiger partial charge in [0.15, 0.2) is 6.61 Å². The summed E-state index contributed by atoms with van der Waals surface area (Å²) in [5.74, 6) is -0.282. The molecule has 1 aliphatic rings. The van der Waals surface area contributed by atoms with Gasteiger partial charge < -0.3 is 14.8 Å². The fourth-order valence-corrected chi connectivity index (χ4v) is 4.50. The second-order valence-corrected chi connectivity index (χ2v) is 10.6. The molecule has 2 amide bonds. The minimum atomic E-state index is -3.68. The van der Waals surface area contributed by atoms with Gasteiger partial charge in [-0.2, -0.15) is 5.10 Å². The smallest absolute Gasteiger partial charge is 0.260 e. The normalized spacial score (nSPS) is 15.6. The summed E-state index contributed by atoms with van der Waals surface area (Å²) in [4.78, 5) is 24.3. The molecule has 1 aliphatic heterocycles. The van der Waals surface area contributed by atoms with Crippen LogP contribution in [0.5, 0.6) is 5.75 Å². The number of carbonyl (C=O) groups is 2. The lowest BCUT2D eigenvalue weighted by Crippen LogP contribution is -2.39. The number of carbonyl (C=O) groups excluding carboxylic acids is 2. The Bertz CT molecular complexity index is 1190. The first kappa shape index (κ1) is 27.2. The molecule has 0 aromatic heterocycles. The fraction of sp³-hybridized carbons (Fsp3) is 0.400. The van der Waals surface area contributed by atoms with Crippen molar-refractivity contribution in [1.29, 1.82) is 0 Å². The minimum absolute atomic E-state index is 0.0779. The van der Waals surface area contributed by atoms with Gasteiger partial charge in [0.25, 0.3) is 11.8 Å². The lowest BCUT2D eigenvalue weighted by atomic mass is 10.1. The lowest BCUT2D eigenvalue weighted by Gasteiger charge is -2.23. The van der Waals surface area contributed by atoms with Gasteiger partial charge in [-0.25, -0.2) is 13.8 Å². The van der Waals surface area contributed by atoms with Crippen molar-refractivity contribution >= 4 is 33.7 Å². The standard InChI is InChI=1S/C25H32N4O6S/c1-18-6-7-19(2)23(13-18)29(36(3,32)33)16-24(30)28-27-14-20-8-10-21(11-9-20)35-17-25(31)26-15-22-5-4-12-34-22/h6-11,13-14,22H,4-5,12,15-17H2,1-3H3,(H,26,31)(H,28,30)/b27-14-/t22-/m1/s1. The van der Waals surface area contributed by atoms with Gasteiger partial charge in [-0.05, 0) is 73.7 Å². The molecule has 1 heterocycles. The highest BCUT2D eigenvalue weighted by atomic mass is 32.2. The second-order valence-electron chi connectivity index (χ2n) is 8.65. The predicted molar refractivity (Wildman–Crippen MR) is 138 cm³/mol. The van der Waals surface area contributed by atoms with Gasteiger partial charge in [0.05, 0.1) is 24.3 Å². The number of hydrogen-bond donors (Lipinski definition) is 2. The number of benzene rings is 2. The molecule has 10 nitrogen and oxygen atoms in total. The van der Waals surface area contributed by atoms with Crippen LogP contribution < -0.4 is 19.8 Å². The summed E-state index contributed by atoms with van der Waals surface area (Å²) < 4.78 is 36.6. The molecule has 0 saturated carbocycles. The van der Waals surface area contributed by atoms with E-state index in [-0.39, 0.29) is 18.6 Å². The molecule has 11 heteroatoms. The topological polar surface area (TPSA) is 126 Å². The number of sulfonamides is 1. The van der Waals surface area contributed by atoms with E-state index in [4.69, 9.17) is 9.47 Å². The van der Waals surface area contributed by atoms with Crippen LogP contribution in [0.4, 0.5) is 5.69 Å². The van der Waals surface area contributed by atoms with E-state index in [0.29, 0.717) is 23.5 Å². The first-order valence-electron chi connectivity index (χ1n) is 11.6. The highest BCUT2D eigenvalue weighted by Crippen LogP contribution is 2.23. The monoisotopic (exact) mass is 516 g/mol. The Morgan fingerprint density at radius 2 is 1.92 bits per heavy atom.